The van der Waals surface area contributed by atoms with Crippen LogP contribution < -0.4 is 0 Å². The average molecular weight is 319 g/mol. The minimum atomic E-state index is -0.420. The summed E-state index contributed by atoms with van der Waals surface area (Å²) in [4.78, 5) is 13.0. The van der Waals surface area contributed by atoms with Crippen molar-refractivity contribution in [3.8, 4) is 0 Å². The van der Waals surface area contributed by atoms with Crippen LogP contribution in [-0.2, 0) is 4.79 Å². The van der Waals surface area contributed by atoms with Crippen molar-refractivity contribution in [3.05, 3.63) is 40.7 Å². The molecule has 0 saturated heterocycles. The zero-order valence-electron chi connectivity index (χ0n) is 9.08. The van der Waals surface area contributed by atoms with Gasteiger partial charge in [-0.1, -0.05) is 39.7 Å². The van der Waals surface area contributed by atoms with Crippen molar-refractivity contribution in [3.63, 3.8) is 0 Å². The summed E-state index contributed by atoms with van der Waals surface area (Å²) in [5.74, 6) is -0.516. The Hall–Kier alpha value is -0.870. The fourth-order valence-corrected chi connectivity index (χ4v) is 2.55. The summed E-state index contributed by atoms with van der Waals surface area (Å²) < 4.78 is 13.8. The minimum absolute atomic E-state index is 0.0955. The summed E-state index contributed by atoms with van der Waals surface area (Å²) in [6.07, 6.45) is 2.34. The molecule has 0 saturated carbocycles. The van der Waals surface area contributed by atoms with Gasteiger partial charge in [-0.2, -0.15) is 0 Å². The lowest BCUT2D eigenvalue weighted by atomic mass is 10.0. The van der Waals surface area contributed by atoms with Gasteiger partial charge in [0.1, 0.15) is 5.82 Å². The number of halogens is 3. The molecule has 90 valence electrons. The maximum Gasteiger partial charge on any atom is 0.240 e. The monoisotopic (exact) mass is 317 g/mol. The largest absolute Gasteiger partial charge is 0.314 e. The molecule has 0 aromatic heterocycles. The van der Waals surface area contributed by atoms with Crippen molar-refractivity contribution >= 4 is 39.1 Å². The first kappa shape index (κ1) is 12.6. The second kappa shape index (κ2) is 4.78. The van der Waals surface area contributed by atoms with Crippen molar-refractivity contribution in [2.45, 2.75) is 11.2 Å². The van der Waals surface area contributed by atoms with Crippen LogP contribution in [0.25, 0.3) is 5.70 Å². The van der Waals surface area contributed by atoms with Crippen molar-refractivity contribution in [1.82, 2.24) is 4.90 Å². The maximum atomic E-state index is 13.8. The van der Waals surface area contributed by atoms with Gasteiger partial charge in [-0.15, -0.1) is 0 Å². The Labute approximate surface area is 112 Å². The topological polar surface area (TPSA) is 20.3 Å². The normalized spacial score (nSPS) is 20.5. The minimum Gasteiger partial charge on any atom is -0.314 e. The fraction of sp³-hybridized carbons (Fsp3) is 0.250. The molecule has 0 bridgehead atoms. The first-order chi connectivity index (χ1) is 8.02. The average Bonchev–Trinajstić information content (AvgIpc) is 2.29. The number of rotatable bonds is 1. The summed E-state index contributed by atoms with van der Waals surface area (Å²) in [6, 6.07) is 4.49. The molecule has 1 aromatic rings. The van der Waals surface area contributed by atoms with Crippen molar-refractivity contribution in [2.24, 2.45) is 0 Å². The Morgan fingerprint density at radius 2 is 2.24 bits per heavy atom. The lowest BCUT2D eigenvalue weighted by molar-refractivity contribution is -0.126. The number of hydrogen-bond acceptors (Lipinski definition) is 1. The number of carbonyl (C=O) groups is 1. The molecule has 1 atom stereocenters. The third-order valence-electron chi connectivity index (χ3n) is 2.70. The van der Waals surface area contributed by atoms with Crippen LogP contribution in [0.1, 0.15) is 12.0 Å². The SMILES string of the molecule is CN1C(=O)C(Br)CC=C1c1c(F)cccc1Cl. The number of hydrogen-bond donors (Lipinski definition) is 0. The lowest BCUT2D eigenvalue weighted by Gasteiger charge is -2.28. The molecule has 1 aromatic carbocycles. The van der Waals surface area contributed by atoms with E-state index < -0.39 is 5.82 Å². The van der Waals surface area contributed by atoms with Gasteiger partial charge in [-0.25, -0.2) is 4.39 Å². The van der Waals surface area contributed by atoms with Gasteiger partial charge in [0.15, 0.2) is 0 Å². The highest BCUT2D eigenvalue weighted by molar-refractivity contribution is 9.10. The number of amides is 1. The standard InChI is InChI=1S/C12H10BrClFNO/c1-16-10(6-5-7(13)12(16)17)11-8(14)3-2-4-9(11)15/h2-4,6-7H,5H2,1H3. The van der Waals surface area contributed by atoms with E-state index in [4.69, 9.17) is 11.6 Å². The predicted octanol–water partition coefficient (Wildman–Crippen LogP) is 3.45. The van der Waals surface area contributed by atoms with Gasteiger partial charge in [0.2, 0.25) is 5.91 Å². The van der Waals surface area contributed by atoms with Crippen molar-refractivity contribution in [2.75, 3.05) is 7.05 Å². The molecule has 0 aliphatic carbocycles. The molecular weight excluding hydrogens is 308 g/mol. The molecule has 1 aliphatic heterocycles. The zero-order chi connectivity index (χ0) is 12.6. The highest BCUT2D eigenvalue weighted by Crippen LogP contribution is 2.33. The van der Waals surface area contributed by atoms with Crippen molar-refractivity contribution in [1.29, 1.82) is 0 Å². The van der Waals surface area contributed by atoms with E-state index in [0.29, 0.717) is 17.1 Å². The number of alkyl halides is 1. The Morgan fingerprint density at radius 1 is 1.53 bits per heavy atom. The van der Waals surface area contributed by atoms with E-state index in [1.807, 2.05) is 6.08 Å². The third-order valence-corrected chi connectivity index (χ3v) is 3.78. The fourth-order valence-electron chi connectivity index (χ4n) is 1.79. The highest BCUT2D eigenvalue weighted by Gasteiger charge is 2.28. The third kappa shape index (κ3) is 2.24. The Bertz CT molecular complexity index is 483. The van der Waals surface area contributed by atoms with E-state index in [0.717, 1.165) is 0 Å². The van der Waals surface area contributed by atoms with E-state index in [9.17, 15) is 9.18 Å². The summed E-state index contributed by atoms with van der Waals surface area (Å²) in [5, 5.41) is 0.309. The van der Waals surface area contributed by atoms with Crippen LogP contribution in [0.3, 0.4) is 0 Å². The van der Waals surface area contributed by atoms with Crippen LogP contribution in [0.2, 0.25) is 5.02 Å². The van der Waals surface area contributed by atoms with Gasteiger partial charge in [0.25, 0.3) is 0 Å². The molecule has 2 nitrogen and oxygen atoms in total. The summed E-state index contributed by atoms with van der Waals surface area (Å²) in [5.41, 5.74) is 0.804. The molecule has 0 radical (unpaired) electrons. The molecule has 5 heteroatoms. The van der Waals surface area contributed by atoms with Gasteiger partial charge in [-0.05, 0) is 18.6 Å². The van der Waals surface area contributed by atoms with Crippen LogP contribution in [0.5, 0.6) is 0 Å². The number of benzene rings is 1. The molecule has 17 heavy (non-hydrogen) atoms. The molecule has 0 N–H and O–H groups in total. The smallest absolute Gasteiger partial charge is 0.240 e. The molecule has 1 heterocycles. The van der Waals surface area contributed by atoms with Crippen molar-refractivity contribution < 1.29 is 9.18 Å². The quantitative estimate of drug-likeness (QED) is 0.726. The van der Waals surface area contributed by atoms with E-state index in [2.05, 4.69) is 15.9 Å². The van der Waals surface area contributed by atoms with Crippen LogP contribution in [-0.4, -0.2) is 22.7 Å². The van der Waals surface area contributed by atoms with Gasteiger partial charge < -0.3 is 4.90 Å². The van der Waals surface area contributed by atoms with E-state index in [-0.39, 0.29) is 16.3 Å². The van der Waals surface area contributed by atoms with Crippen LogP contribution in [0.4, 0.5) is 4.39 Å². The van der Waals surface area contributed by atoms with Crippen LogP contribution in [0, 0.1) is 5.82 Å². The molecule has 2 rings (SSSR count). The number of nitrogens with zero attached hydrogens (tertiary/aromatic N) is 1. The van der Waals surface area contributed by atoms with Gasteiger partial charge in [0.05, 0.1) is 21.1 Å². The van der Waals surface area contributed by atoms with Gasteiger partial charge in [-0.3, -0.25) is 4.79 Å². The predicted molar refractivity (Wildman–Crippen MR) is 69.5 cm³/mol. The zero-order valence-corrected chi connectivity index (χ0v) is 11.4. The van der Waals surface area contributed by atoms with E-state index in [1.165, 1.54) is 11.0 Å². The molecule has 1 amide bonds. The molecule has 0 spiro atoms. The Kier molecular flexibility index (Phi) is 3.54. The first-order valence-electron chi connectivity index (χ1n) is 5.08. The Balaban J connectivity index is 2.51. The van der Waals surface area contributed by atoms with Crippen LogP contribution in [0.15, 0.2) is 24.3 Å². The van der Waals surface area contributed by atoms with E-state index in [1.54, 1.807) is 19.2 Å². The summed E-state index contributed by atoms with van der Waals surface area (Å²) >= 11 is 9.25. The molecular formula is C12H10BrClFNO. The summed E-state index contributed by atoms with van der Waals surface area (Å²) in [6.45, 7) is 0. The maximum absolute atomic E-state index is 13.8. The van der Waals surface area contributed by atoms with E-state index >= 15 is 0 Å². The second-order valence-corrected chi connectivity index (χ2v) is 5.30. The first-order valence-corrected chi connectivity index (χ1v) is 6.38. The molecule has 0 fully saturated rings. The highest BCUT2D eigenvalue weighted by atomic mass is 79.9. The number of carbonyl (C=O) groups excluding carboxylic acids is 1. The Morgan fingerprint density at radius 3 is 2.88 bits per heavy atom. The van der Waals surface area contributed by atoms with Gasteiger partial charge >= 0.3 is 0 Å². The lowest BCUT2D eigenvalue weighted by Crippen LogP contribution is -2.35. The van der Waals surface area contributed by atoms with Crippen LogP contribution >= 0.6 is 27.5 Å². The van der Waals surface area contributed by atoms with Gasteiger partial charge in [0, 0.05) is 7.05 Å². The summed E-state index contributed by atoms with van der Waals surface area (Å²) in [7, 11) is 1.62. The molecule has 1 unspecified atom stereocenters. The second-order valence-electron chi connectivity index (χ2n) is 3.79. The number of allylic oxidation sites excluding steroid dienone is 1. The molecule has 1 aliphatic rings.